The van der Waals surface area contributed by atoms with E-state index in [2.05, 4.69) is 21.0 Å². The van der Waals surface area contributed by atoms with Crippen LogP contribution < -0.4 is 0 Å². The monoisotopic (exact) mass is 322 g/mol. The minimum atomic E-state index is -0.145. The standard InChI is InChI=1S/C21H37FN/c1-4-5-6-7-8-9-10-11-12-13-18-23(2,3)19-20-14-16-21(22)17-15-20/h14-17H,4-13,18-19H2,1-3H3/q+1. The van der Waals surface area contributed by atoms with E-state index in [9.17, 15) is 4.39 Å². The summed E-state index contributed by atoms with van der Waals surface area (Å²) in [4.78, 5) is 0. The van der Waals surface area contributed by atoms with Crippen molar-refractivity contribution < 1.29 is 8.87 Å². The van der Waals surface area contributed by atoms with Crippen LogP contribution in [0.15, 0.2) is 24.3 Å². The van der Waals surface area contributed by atoms with Crippen LogP contribution in [0.4, 0.5) is 4.39 Å². The molecule has 132 valence electrons. The Balaban J connectivity index is 2.04. The van der Waals surface area contributed by atoms with Crippen LogP contribution in [0.3, 0.4) is 0 Å². The highest BCUT2D eigenvalue weighted by molar-refractivity contribution is 5.14. The second-order valence-corrected chi connectivity index (χ2v) is 7.63. The lowest BCUT2D eigenvalue weighted by atomic mass is 10.1. The van der Waals surface area contributed by atoms with Gasteiger partial charge in [-0.2, -0.15) is 0 Å². The lowest BCUT2D eigenvalue weighted by Gasteiger charge is -2.30. The topological polar surface area (TPSA) is 0 Å². The normalized spacial score (nSPS) is 11.8. The maximum atomic E-state index is 13.0. The van der Waals surface area contributed by atoms with Crippen molar-refractivity contribution in [3.05, 3.63) is 35.6 Å². The molecule has 1 nitrogen and oxygen atoms in total. The molecule has 1 rings (SSSR count). The number of rotatable bonds is 13. The van der Waals surface area contributed by atoms with Gasteiger partial charge in [0.25, 0.3) is 0 Å². The average molecular weight is 323 g/mol. The van der Waals surface area contributed by atoms with Gasteiger partial charge in [0.1, 0.15) is 12.4 Å². The molecule has 0 fully saturated rings. The summed E-state index contributed by atoms with van der Waals surface area (Å²) in [7, 11) is 4.55. The zero-order valence-corrected chi connectivity index (χ0v) is 15.6. The Morgan fingerprint density at radius 1 is 0.739 bits per heavy atom. The molecule has 0 radical (unpaired) electrons. The van der Waals surface area contributed by atoms with Gasteiger partial charge in [-0.05, 0) is 25.0 Å². The molecule has 0 N–H and O–H groups in total. The van der Waals surface area contributed by atoms with Crippen molar-refractivity contribution in [3.63, 3.8) is 0 Å². The molecular formula is C21H37FN+. The molecule has 0 saturated carbocycles. The third-order valence-corrected chi connectivity index (χ3v) is 4.64. The predicted octanol–water partition coefficient (Wildman–Crippen LogP) is 6.32. The Kier molecular flexibility index (Phi) is 10.2. The first-order chi connectivity index (χ1) is 11.0. The second kappa shape index (κ2) is 11.6. The summed E-state index contributed by atoms with van der Waals surface area (Å²) < 4.78 is 13.9. The highest BCUT2D eigenvalue weighted by atomic mass is 19.1. The van der Waals surface area contributed by atoms with E-state index in [-0.39, 0.29) is 5.82 Å². The fourth-order valence-electron chi connectivity index (χ4n) is 3.19. The maximum Gasteiger partial charge on any atom is 0.123 e. The molecule has 0 aromatic heterocycles. The predicted molar refractivity (Wildman–Crippen MR) is 98.9 cm³/mol. The summed E-state index contributed by atoms with van der Waals surface area (Å²) in [6.07, 6.45) is 13.9. The van der Waals surface area contributed by atoms with Gasteiger partial charge in [0.2, 0.25) is 0 Å². The van der Waals surface area contributed by atoms with Crippen LogP contribution in [0.5, 0.6) is 0 Å². The van der Waals surface area contributed by atoms with Crippen molar-refractivity contribution >= 4 is 0 Å². The van der Waals surface area contributed by atoms with E-state index in [0.717, 1.165) is 11.0 Å². The number of benzene rings is 1. The molecule has 0 heterocycles. The van der Waals surface area contributed by atoms with E-state index in [1.165, 1.54) is 76.3 Å². The number of nitrogens with zero attached hydrogens (tertiary/aromatic N) is 1. The van der Waals surface area contributed by atoms with E-state index >= 15 is 0 Å². The molecule has 0 spiro atoms. The summed E-state index contributed by atoms with van der Waals surface area (Å²) in [6.45, 7) is 4.46. The lowest BCUT2D eigenvalue weighted by molar-refractivity contribution is -0.903. The van der Waals surface area contributed by atoms with Crippen molar-refractivity contribution in [3.8, 4) is 0 Å². The van der Waals surface area contributed by atoms with Gasteiger partial charge in [0.15, 0.2) is 0 Å². The minimum absolute atomic E-state index is 0.145. The first kappa shape index (κ1) is 20.2. The van der Waals surface area contributed by atoms with Gasteiger partial charge in [0, 0.05) is 5.56 Å². The third-order valence-electron chi connectivity index (χ3n) is 4.64. The summed E-state index contributed by atoms with van der Waals surface area (Å²) in [5.74, 6) is -0.145. The van der Waals surface area contributed by atoms with Gasteiger partial charge >= 0.3 is 0 Å². The molecule has 0 atom stereocenters. The fourth-order valence-corrected chi connectivity index (χ4v) is 3.19. The molecule has 1 aromatic carbocycles. The third kappa shape index (κ3) is 10.5. The molecule has 0 amide bonds. The molecule has 0 bridgehead atoms. The molecule has 0 unspecified atom stereocenters. The minimum Gasteiger partial charge on any atom is -0.325 e. The first-order valence-corrected chi connectivity index (χ1v) is 9.60. The van der Waals surface area contributed by atoms with Crippen molar-refractivity contribution in [1.29, 1.82) is 0 Å². The molecule has 0 saturated heterocycles. The van der Waals surface area contributed by atoms with E-state index in [4.69, 9.17) is 0 Å². The van der Waals surface area contributed by atoms with Crippen LogP contribution in [-0.4, -0.2) is 25.1 Å². The van der Waals surface area contributed by atoms with Crippen LogP contribution in [0.1, 0.15) is 76.7 Å². The van der Waals surface area contributed by atoms with Gasteiger partial charge in [-0.15, -0.1) is 0 Å². The molecular weight excluding hydrogens is 285 g/mol. The summed E-state index contributed by atoms with van der Waals surface area (Å²) >= 11 is 0. The first-order valence-electron chi connectivity index (χ1n) is 9.60. The van der Waals surface area contributed by atoms with E-state index in [1.807, 2.05) is 12.1 Å². The van der Waals surface area contributed by atoms with Crippen molar-refractivity contribution in [1.82, 2.24) is 0 Å². The van der Waals surface area contributed by atoms with Gasteiger partial charge in [-0.25, -0.2) is 4.39 Å². The Morgan fingerprint density at radius 2 is 1.22 bits per heavy atom. The number of hydrogen-bond donors (Lipinski definition) is 0. The highest BCUT2D eigenvalue weighted by Crippen LogP contribution is 2.14. The lowest BCUT2D eigenvalue weighted by Crippen LogP contribution is -2.39. The van der Waals surface area contributed by atoms with E-state index in [1.54, 1.807) is 12.1 Å². The zero-order chi connectivity index (χ0) is 17.0. The molecule has 0 aliphatic rings. The van der Waals surface area contributed by atoms with Crippen LogP contribution in [0.25, 0.3) is 0 Å². The maximum absolute atomic E-state index is 13.0. The summed E-state index contributed by atoms with van der Waals surface area (Å²) in [6, 6.07) is 6.95. The Bertz CT molecular complexity index is 397. The largest absolute Gasteiger partial charge is 0.325 e. The SMILES string of the molecule is CCCCCCCCCCCC[N+](C)(C)Cc1ccc(F)cc1. The smallest absolute Gasteiger partial charge is 0.123 e. The molecule has 0 aliphatic carbocycles. The van der Waals surface area contributed by atoms with Crippen molar-refractivity contribution in [2.45, 2.75) is 77.7 Å². The Hall–Kier alpha value is -0.890. The molecule has 2 heteroatoms. The van der Waals surface area contributed by atoms with Crippen LogP contribution in [-0.2, 0) is 6.54 Å². The zero-order valence-electron chi connectivity index (χ0n) is 15.6. The second-order valence-electron chi connectivity index (χ2n) is 7.63. The fraction of sp³-hybridized carbons (Fsp3) is 0.714. The Labute approximate surface area is 143 Å². The highest BCUT2D eigenvalue weighted by Gasteiger charge is 2.15. The van der Waals surface area contributed by atoms with Gasteiger partial charge in [-0.1, -0.05) is 70.4 Å². The molecule has 1 aromatic rings. The number of unbranched alkanes of at least 4 members (excludes halogenated alkanes) is 9. The van der Waals surface area contributed by atoms with E-state index in [0.29, 0.717) is 0 Å². The molecule has 23 heavy (non-hydrogen) atoms. The van der Waals surface area contributed by atoms with Crippen molar-refractivity contribution in [2.75, 3.05) is 20.6 Å². The summed E-state index contributed by atoms with van der Waals surface area (Å²) in [5, 5.41) is 0. The van der Waals surface area contributed by atoms with Gasteiger partial charge in [0.05, 0.1) is 20.6 Å². The van der Waals surface area contributed by atoms with Crippen LogP contribution in [0.2, 0.25) is 0 Å². The van der Waals surface area contributed by atoms with Crippen LogP contribution >= 0.6 is 0 Å². The van der Waals surface area contributed by atoms with Crippen LogP contribution in [0, 0.1) is 5.82 Å². The van der Waals surface area contributed by atoms with Gasteiger partial charge < -0.3 is 4.48 Å². The van der Waals surface area contributed by atoms with Crippen molar-refractivity contribution in [2.24, 2.45) is 0 Å². The van der Waals surface area contributed by atoms with E-state index < -0.39 is 0 Å². The number of quaternary nitrogens is 1. The quantitative estimate of drug-likeness (QED) is 0.294. The number of halogens is 1. The Morgan fingerprint density at radius 3 is 1.74 bits per heavy atom. The number of hydrogen-bond acceptors (Lipinski definition) is 0. The average Bonchev–Trinajstić information content (AvgIpc) is 2.51. The molecule has 0 aliphatic heterocycles. The van der Waals surface area contributed by atoms with Gasteiger partial charge in [-0.3, -0.25) is 0 Å². The summed E-state index contributed by atoms with van der Waals surface area (Å²) in [5.41, 5.74) is 1.23.